The number of methoxy groups -OCH3 is 2. The Balaban J connectivity index is 2.02. The van der Waals surface area contributed by atoms with Crippen LogP contribution in [0.2, 0.25) is 0 Å². The highest BCUT2D eigenvalue weighted by atomic mass is 16.5. The molecular weight excluding hydrogens is 318 g/mol. The van der Waals surface area contributed by atoms with Crippen LogP contribution in [0.3, 0.4) is 0 Å². The van der Waals surface area contributed by atoms with E-state index in [1.165, 1.54) is 0 Å². The maximum atomic E-state index is 12.5. The largest absolute Gasteiger partial charge is 0.497 e. The predicted octanol–water partition coefficient (Wildman–Crippen LogP) is 3.74. The third-order valence-corrected chi connectivity index (χ3v) is 3.98. The van der Waals surface area contributed by atoms with Crippen molar-refractivity contribution in [3.8, 4) is 17.2 Å². The van der Waals surface area contributed by atoms with Crippen molar-refractivity contribution in [2.45, 2.75) is 32.4 Å². The van der Waals surface area contributed by atoms with E-state index in [1.54, 1.807) is 45.4 Å². The van der Waals surface area contributed by atoms with Crippen LogP contribution in [-0.4, -0.2) is 26.2 Å². The Kier molecular flexibility index (Phi) is 6.69. The van der Waals surface area contributed by atoms with Crippen LogP contribution >= 0.6 is 0 Å². The molecule has 5 heteroatoms. The van der Waals surface area contributed by atoms with Gasteiger partial charge in [-0.15, -0.1) is 0 Å². The van der Waals surface area contributed by atoms with E-state index < -0.39 is 6.10 Å². The summed E-state index contributed by atoms with van der Waals surface area (Å²) in [6.45, 7) is 3.75. The van der Waals surface area contributed by atoms with E-state index in [2.05, 4.69) is 5.32 Å². The van der Waals surface area contributed by atoms with Crippen LogP contribution < -0.4 is 19.5 Å². The number of para-hydroxylation sites is 1. The molecule has 0 heterocycles. The number of rotatable bonds is 8. The first-order valence-electron chi connectivity index (χ1n) is 8.33. The normalized spacial score (nSPS) is 12.8. The summed E-state index contributed by atoms with van der Waals surface area (Å²) in [5, 5.41) is 3.03. The van der Waals surface area contributed by atoms with Gasteiger partial charge in [0.2, 0.25) is 0 Å². The topological polar surface area (TPSA) is 56.8 Å². The zero-order valence-electron chi connectivity index (χ0n) is 15.1. The summed E-state index contributed by atoms with van der Waals surface area (Å²) in [5.41, 5.74) is 0.956. The van der Waals surface area contributed by atoms with Crippen LogP contribution in [-0.2, 0) is 4.79 Å². The van der Waals surface area contributed by atoms with Crippen molar-refractivity contribution >= 4 is 5.91 Å². The minimum Gasteiger partial charge on any atom is -0.497 e. The number of carbonyl (C=O) groups excluding carboxylic acids is 1. The predicted molar refractivity (Wildman–Crippen MR) is 97.3 cm³/mol. The molecule has 0 fully saturated rings. The third kappa shape index (κ3) is 4.89. The number of ether oxygens (including phenoxy) is 3. The molecule has 1 amide bonds. The second kappa shape index (κ2) is 8.97. The van der Waals surface area contributed by atoms with Crippen LogP contribution in [0.25, 0.3) is 0 Å². The molecule has 0 aliphatic carbocycles. The van der Waals surface area contributed by atoms with Crippen molar-refractivity contribution in [1.29, 1.82) is 0 Å². The van der Waals surface area contributed by atoms with Crippen LogP contribution in [0.5, 0.6) is 17.2 Å². The lowest BCUT2D eigenvalue weighted by Crippen LogP contribution is -2.38. The molecule has 0 aliphatic rings. The van der Waals surface area contributed by atoms with Crippen molar-refractivity contribution in [1.82, 2.24) is 5.32 Å². The van der Waals surface area contributed by atoms with Crippen molar-refractivity contribution in [2.75, 3.05) is 14.2 Å². The number of benzene rings is 2. The lowest BCUT2D eigenvalue weighted by atomic mass is 10.0. The minimum absolute atomic E-state index is 0.134. The minimum atomic E-state index is -0.614. The van der Waals surface area contributed by atoms with Gasteiger partial charge in [-0.2, -0.15) is 0 Å². The van der Waals surface area contributed by atoms with Gasteiger partial charge in [0, 0.05) is 5.56 Å². The standard InChI is InChI=1S/C20H25NO4/c1-5-18(17-8-6-7-9-19(17)24-4)21-20(22)14(2)25-16-12-10-15(23-3)11-13-16/h6-14,18H,5H2,1-4H3,(H,21,22). The summed E-state index contributed by atoms with van der Waals surface area (Å²) in [4.78, 5) is 12.5. The SMILES string of the molecule is CCC(NC(=O)C(C)Oc1ccc(OC)cc1)c1ccccc1OC. The number of amides is 1. The fraction of sp³-hybridized carbons (Fsp3) is 0.350. The van der Waals surface area contributed by atoms with E-state index >= 15 is 0 Å². The fourth-order valence-corrected chi connectivity index (χ4v) is 2.56. The monoisotopic (exact) mass is 343 g/mol. The van der Waals surface area contributed by atoms with Gasteiger partial charge in [0.25, 0.3) is 5.91 Å². The van der Waals surface area contributed by atoms with Crippen LogP contribution in [0.15, 0.2) is 48.5 Å². The van der Waals surface area contributed by atoms with Crippen LogP contribution in [0.1, 0.15) is 31.9 Å². The highest BCUT2D eigenvalue weighted by Crippen LogP contribution is 2.27. The van der Waals surface area contributed by atoms with E-state index in [0.717, 1.165) is 23.5 Å². The quantitative estimate of drug-likeness (QED) is 0.793. The number of nitrogens with one attached hydrogen (secondary N) is 1. The van der Waals surface area contributed by atoms with Gasteiger partial charge in [-0.25, -0.2) is 0 Å². The van der Waals surface area contributed by atoms with Gasteiger partial charge >= 0.3 is 0 Å². The highest BCUT2D eigenvalue weighted by Gasteiger charge is 2.21. The first kappa shape index (κ1) is 18.6. The van der Waals surface area contributed by atoms with Gasteiger partial charge in [-0.1, -0.05) is 25.1 Å². The second-order valence-electron chi connectivity index (χ2n) is 5.65. The van der Waals surface area contributed by atoms with E-state index in [4.69, 9.17) is 14.2 Å². The maximum Gasteiger partial charge on any atom is 0.261 e. The van der Waals surface area contributed by atoms with Crippen molar-refractivity contribution in [3.05, 3.63) is 54.1 Å². The molecule has 25 heavy (non-hydrogen) atoms. The zero-order chi connectivity index (χ0) is 18.2. The number of carbonyl (C=O) groups is 1. The Morgan fingerprint density at radius 2 is 1.64 bits per heavy atom. The Bertz CT molecular complexity index is 684. The van der Waals surface area contributed by atoms with Crippen molar-refractivity contribution < 1.29 is 19.0 Å². The van der Waals surface area contributed by atoms with Crippen molar-refractivity contribution in [3.63, 3.8) is 0 Å². The highest BCUT2D eigenvalue weighted by molar-refractivity contribution is 5.81. The first-order valence-corrected chi connectivity index (χ1v) is 8.33. The molecule has 0 aliphatic heterocycles. The summed E-state index contributed by atoms with van der Waals surface area (Å²) in [6.07, 6.45) is 0.138. The Labute approximate surface area is 148 Å². The zero-order valence-corrected chi connectivity index (χ0v) is 15.1. The maximum absolute atomic E-state index is 12.5. The molecule has 0 saturated heterocycles. The molecule has 0 bridgehead atoms. The fourth-order valence-electron chi connectivity index (χ4n) is 2.56. The van der Waals surface area contributed by atoms with Crippen molar-refractivity contribution in [2.24, 2.45) is 0 Å². The number of hydrogen-bond donors (Lipinski definition) is 1. The summed E-state index contributed by atoms with van der Waals surface area (Å²) >= 11 is 0. The summed E-state index contributed by atoms with van der Waals surface area (Å²) < 4.78 is 16.2. The van der Waals surface area contributed by atoms with E-state index in [-0.39, 0.29) is 11.9 Å². The molecule has 2 atom stereocenters. The lowest BCUT2D eigenvalue weighted by molar-refractivity contribution is -0.128. The molecule has 0 aromatic heterocycles. The summed E-state index contributed by atoms with van der Waals surface area (Å²) in [6, 6.07) is 14.7. The van der Waals surface area contributed by atoms with E-state index in [1.807, 2.05) is 31.2 Å². The molecule has 2 aromatic rings. The lowest BCUT2D eigenvalue weighted by Gasteiger charge is -2.22. The van der Waals surface area contributed by atoms with Gasteiger partial charge in [-0.3, -0.25) is 4.79 Å². The average Bonchev–Trinajstić information content (AvgIpc) is 2.66. The molecule has 0 radical (unpaired) electrons. The first-order chi connectivity index (χ1) is 12.1. The number of hydrogen-bond acceptors (Lipinski definition) is 4. The molecule has 2 rings (SSSR count). The average molecular weight is 343 g/mol. The summed E-state index contributed by atoms with van der Waals surface area (Å²) in [7, 11) is 3.23. The third-order valence-electron chi connectivity index (χ3n) is 3.98. The second-order valence-corrected chi connectivity index (χ2v) is 5.65. The molecule has 2 aromatic carbocycles. The van der Waals surface area contributed by atoms with Gasteiger partial charge in [-0.05, 0) is 43.7 Å². The Morgan fingerprint density at radius 3 is 2.24 bits per heavy atom. The molecule has 134 valence electrons. The molecule has 2 unspecified atom stereocenters. The smallest absolute Gasteiger partial charge is 0.261 e. The van der Waals surface area contributed by atoms with Gasteiger partial charge in [0.05, 0.1) is 20.3 Å². The molecular formula is C20H25NO4. The van der Waals surface area contributed by atoms with Gasteiger partial charge in [0.1, 0.15) is 17.2 Å². The van der Waals surface area contributed by atoms with Crippen LogP contribution in [0, 0.1) is 0 Å². The van der Waals surface area contributed by atoms with E-state index in [9.17, 15) is 4.79 Å². The summed E-state index contributed by atoms with van der Waals surface area (Å²) in [5.74, 6) is 1.95. The molecule has 1 N–H and O–H groups in total. The van der Waals surface area contributed by atoms with E-state index in [0.29, 0.717) is 5.75 Å². The Morgan fingerprint density at radius 1 is 1.00 bits per heavy atom. The Hall–Kier alpha value is -2.69. The van der Waals surface area contributed by atoms with Gasteiger partial charge in [0.15, 0.2) is 6.10 Å². The van der Waals surface area contributed by atoms with Gasteiger partial charge < -0.3 is 19.5 Å². The van der Waals surface area contributed by atoms with Crippen LogP contribution in [0.4, 0.5) is 0 Å². The molecule has 0 spiro atoms. The molecule has 5 nitrogen and oxygen atoms in total. The molecule has 0 saturated carbocycles.